The summed E-state index contributed by atoms with van der Waals surface area (Å²) in [7, 11) is 0. The number of aromatic nitrogens is 3. The summed E-state index contributed by atoms with van der Waals surface area (Å²) in [6.07, 6.45) is 1.75. The molecule has 0 spiro atoms. The molecule has 24 heavy (non-hydrogen) atoms. The minimum atomic E-state index is -0.0787. The maximum absolute atomic E-state index is 10.4. The van der Waals surface area contributed by atoms with E-state index in [1.807, 2.05) is 42.5 Å². The number of aliphatic hydroxyl groups is 1. The topological polar surface area (TPSA) is 77.2 Å². The molecule has 0 aliphatic rings. The Morgan fingerprint density at radius 3 is 2.21 bits per heavy atom. The van der Waals surface area contributed by atoms with Gasteiger partial charge in [-0.2, -0.15) is 0 Å². The minimum absolute atomic E-state index is 0. The monoisotopic (exact) mass is 501 g/mol. The van der Waals surface area contributed by atoms with E-state index in [9.17, 15) is 4.79 Å². The SMILES string of the molecule is CC(=O)/C(C)=C(/C)O.[Ir].c1ccc(-c2nc3ccccc3[n-]2)nc1. The third-order valence-electron chi connectivity index (χ3n) is 3.30. The fourth-order valence-corrected chi connectivity index (χ4v) is 1.77. The molecule has 1 aromatic carbocycles. The number of carbonyl (C=O) groups is 1. The summed E-state index contributed by atoms with van der Waals surface area (Å²) in [4.78, 5) is 23.4. The molecule has 0 aliphatic carbocycles. The van der Waals surface area contributed by atoms with E-state index < -0.39 is 0 Å². The molecule has 6 heteroatoms. The van der Waals surface area contributed by atoms with E-state index >= 15 is 0 Å². The van der Waals surface area contributed by atoms with Crippen molar-refractivity contribution in [2.24, 2.45) is 0 Å². The van der Waals surface area contributed by atoms with Crippen molar-refractivity contribution in [3.8, 4) is 11.5 Å². The Morgan fingerprint density at radius 1 is 1.04 bits per heavy atom. The number of hydrogen-bond donors (Lipinski definition) is 1. The quantitative estimate of drug-likeness (QED) is 0.429. The molecule has 0 saturated heterocycles. The average molecular weight is 501 g/mol. The van der Waals surface area contributed by atoms with Crippen LogP contribution in [0.3, 0.4) is 0 Å². The van der Waals surface area contributed by atoms with Crippen LogP contribution in [0, 0.1) is 0 Å². The summed E-state index contributed by atoms with van der Waals surface area (Å²) in [6.45, 7) is 4.52. The van der Waals surface area contributed by atoms with Crippen molar-refractivity contribution < 1.29 is 30.0 Å². The van der Waals surface area contributed by atoms with Crippen molar-refractivity contribution in [1.82, 2.24) is 15.0 Å². The average Bonchev–Trinajstić information content (AvgIpc) is 2.99. The van der Waals surface area contributed by atoms with Gasteiger partial charge in [-0.15, -0.1) is 0 Å². The molecule has 0 atom stereocenters. The van der Waals surface area contributed by atoms with Gasteiger partial charge in [0.25, 0.3) is 0 Å². The molecule has 2 heterocycles. The van der Waals surface area contributed by atoms with Crippen LogP contribution >= 0.6 is 0 Å². The molecule has 0 amide bonds. The molecular weight excluding hydrogens is 482 g/mol. The zero-order valence-electron chi connectivity index (χ0n) is 13.6. The summed E-state index contributed by atoms with van der Waals surface area (Å²) >= 11 is 0. The third-order valence-corrected chi connectivity index (χ3v) is 3.30. The Labute approximate surface area is 154 Å². The van der Waals surface area contributed by atoms with E-state index in [0.717, 1.165) is 16.7 Å². The van der Waals surface area contributed by atoms with E-state index in [1.54, 1.807) is 13.1 Å². The number of ketones is 1. The van der Waals surface area contributed by atoms with Gasteiger partial charge >= 0.3 is 0 Å². The molecule has 127 valence electrons. The second-order valence-electron chi connectivity index (χ2n) is 5.02. The summed E-state index contributed by atoms with van der Waals surface area (Å²) in [5, 5.41) is 8.65. The molecule has 2 aromatic heterocycles. The summed E-state index contributed by atoms with van der Waals surface area (Å²) in [5.74, 6) is 0.722. The Balaban J connectivity index is 0.000000279. The predicted molar refractivity (Wildman–Crippen MR) is 90.0 cm³/mol. The van der Waals surface area contributed by atoms with Gasteiger partial charge in [0.15, 0.2) is 5.78 Å². The van der Waals surface area contributed by atoms with E-state index in [1.165, 1.54) is 13.8 Å². The molecule has 0 saturated carbocycles. The molecule has 0 aliphatic heterocycles. The van der Waals surface area contributed by atoms with Gasteiger partial charge in [0.2, 0.25) is 0 Å². The first kappa shape index (κ1) is 19.7. The van der Waals surface area contributed by atoms with Gasteiger partial charge < -0.3 is 15.1 Å². The first-order valence-electron chi connectivity index (χ1n) is 7.17. The van der Waals surface area contributed by atoms with Crippen molar-refractivity contribution in [3.05, 3.63) is 60.0 Å². The van der Waals surface area contributed by atoms with Crippen molar-refractivity contribution in [2.45, 2.75) is 20.8 Å². The van der Waals surface area contributed by atoms with Crippen molar-refractivity contribution >= 4 is 16.8 Å². The van der Waals surface area contributed by atoms with Gasteiger partial charge in [-0.1, -0.05) is 30.3 Å². The number of carbonyl (C=O) groups excluding carboxylic acids is 1. The van der Waals surface area contributed by atoms with Crippen LogP contribution < -0.4 is 4.98 Å². The Hall–Kier alpha value is -2.30. The van der Waals surface area contributed by atoms with E-state index in [4.69, 9.17) is 5.11 Å². The summed E-state index contributed by atoms with van der Waals surface area (Å²) in [5.41, 5.74) is 3.08. The number of nitrogens with zero attached hydrogens (tertiary/aromatic N) is 3. The third kappa shape index (κ3) is 5.11. The maximum Gasteiger partial charge on any atom is 0.158 e. The molecule has 0 fully saturated rings. The predicted octanol–water partition coefficient (Wildman–Crippen LogP) is 3.68. The summed E-state index contributed by atoms with van der Waals surface area (Å²) in [6, 6.07) is 13.5. The number of allylic oxidation sites excluding steroid dienone is 2. The van der Waals surface area contributed by atoms with Gasteiger partial charge in [0.1, 0.15) is 0 Å². The Kier molecular flexibility index (Phi) is 7.49. The number of fused-ring (bicyclic) bond motifs is 1. The van der Waals surface area contributed by atoms with Crippen LogP contribution in [0.25, 0.3) is 22.6 Å². The number of aliphatic hydroxyl groups excluding tert-OH is 1. The van der Waals surface area contributed by atoms with Gasteiger partial charge in [0.05, 0.1) is 11.5 Å². The van der Waals surface area contributed by atoms with Crippen LogP contribution in [0.4, 0.5) is 0 Å². The second-order valence-corrected chi connectivity index (χ2v) is 5.02. The number of para-hydroxylation sites is 2. The zero-order valence-corrected chi connectivity index (χ0v) is 16.0. The first-order valence-corrected chi connectivity index (χ1v) is 7.17. The van der Waals surface area contributed by atoms with Crippen LogP contribution in [0.15, 0.2) is 60.0 Å². The molecule has 5 nitrogen and oxygen atoms in total. The van der Waals surface area contributed by atoms with E-state index in [0.29, 0.717) is 11.4 Å². The molecule has 3 rings (SSSR count). The van der Waals surface area contributed by atoms with Crippen LogP contribution in [-0.2, 0) is 24.9 Å². The van der Waals surface area contributed by atoms with E-state index in [-0.39, 0.29) is 31.6 Å². The normalized spacial score (nSPS) is 11.0. The van der Waals surface area contributed by atoms with Crippen molar-refractivity contribution in [2.75, 3.05) is 0 Å². The number of rotatable bonds is 2. The molecule has 3 aromatic rings. The van der Waals surface area contributed by atoms with Gasteiger partial charge in [-0.05, 0) is 49.8 Å². The smallest absolute Gasteiger partial charge is 0.158 e. The van der Waals surface area contributed by atoms with Gasteiger partial charge in [0, 0.05) is 31.9 Å². The number of pyridine rings is 1. The number of imidazole rings is 1. The van der Waals surface area contributed by atoms with Crippen LogP contribution in [0.2, 0.25) is 0 Å². The van der Waals surface area contributed by atoms with Crippen molar-refractivity contribution in [1.29, 1.82) is 0 Å². The number of benzene rings is 1. The fraction of sp³-hybridized carbons (Fsp3) is 0.167. The largest absolute Gasteiger partial charge is 0.512 e. The molecule has 1 N–H and O–H groups in total. The Bertz CT molecular complexity index is 805. The molecule has 0 unspecified atom stereocenters. The van der Waals surface area contributed by atoms with Crippen LogP contribution in [0.1, 0.15) is 20.8 Å². The Morgan fingerprint density at radius 2 is 1.71 bits per heavy atom. The zero-order chi connectivity index (χ0) is 16.8. The van der Waals surface area contributed by atoms with Gasteiger partial charge in [-0.25, -0.2) is 0 Å². The van der Waals surface area contributed by atoms with Gasteiger partial charge in [-0.3, -0.25) is 9.78 Å². The minimum Gasteiger partial charge on any atom is -0.512 e. The standard InChI is InChI=1S/C12H8N3.C6H10O2.Ir/c1-2-6-10-9(5-1)14-12(15-10)11-7-3-4-8-13-11;1-4(5(2)7)6(3)8;/h1-8H;7H,1-3H3;/q-1;;/b;5-4-;. The number of hydrogen-bond acceptors (Lipinski definition) is 4. The maximum atomic E-state index is 10.4. The second kappa shape index (κ2) is 9.11. The molecular formula is C18H18IrN3O2-. The number of Topliss-reactive ketones (excluding diaryl/α,β-unsaturated/α-hetero) is 1. The van der Waals surface area contributed by atoms with Crippen molar-refractivity contribution in [3.63, 3.8) is 0 Å². The summed E-state index contributed by atoms with van der Waals surface area (Å²) < 4.78 is 0. The van der Waals surface area contributed by atoms with Crippen LogP contribution in [0.5, 0.6) is 0 Å². The van der Waals surface area contributed by atoms with E-state index in [2.05, 4.69) is 15.0 Å². The first-order chi connectivity index (χ1) is 11.0. The fourth-order valence-electron chi connectivity index (χ4n) is 1.77. The molecule has 1 radical (unpaired) electrons. The molecule has 0 bridgehead atoms. The van der Waals surface area contributed by atoms with Crippen LogP contribution in [-0.4, -0.2) is 20.9 Å².